The van der Waals surface area contributed by atoms with Gasteiger partial charge in [0.05, 0.1) is 0 Å². The number of carbonyl (C=O) groups excluding carboxylic acids is 1. The third-order valence-electron chi connectivity index (χ3n) is 1.36. The van der Waals surface area contributed by atoms with E-state index < -0.39 is 12.0 Å². The molecule has 0 aromatic carbocycles. The number of aliphatic hydroxyl groups excluding tert-OH is 1. The van der Waals surface area contributed by atoms with Gasteiger partial charge in [-0.25, -0.2) is 4.98 Å². The van der Waals surface area contributed by atoms with E-state index in [-0.39, 0.29) is 0 Å². The maximum Gasteiger partial charge on any atom is 0.254 e. The lowest BCUT2D eigenvalue weighted by atomic mass is 10.4. The number of aliphatic hydroxyl groups is 1. The van der Waals surface area contributed by atoms with E-state index in [0.717, 1.165) is 4.47 Å². The van der Waals surface area contributed by atoms with Crippen LogP contribution in [-0.4, -0.2) is 22.1 Å². The van der Waals surface area contributed by atoms with E-state index in [1.807, 2.05) is 0 Å². The largest absolute Gasteiger partial charge is 0.384 e. The minimum atomic E-state index is -1.02. The molecule has 1 rings (SSSR count). The summed E-state index contributed by atoms with van der Waals surface area (Å²) in [5.41, 5.74) is 0. The third-order valence-corrected chi connectivity index (χ3v) is 1.83. The van der Waals surface area contributed by atoms with E-state index in [1.54, 1.807) is 18.3 Å². The van der Waals surface area contributed by atoms with Crippen molar-refractivity contribution in [1.29, 1.82) is 0 Å². The molecule has 0 bridgehead atoms. The molecule has 1 heterocycles. The second kappa shape index (κ2) is 4.34. The molecule has 4 nitrogen and oxygen atoms in total. The molecule has 0 saturated heterocycles. The Hall–Kier alpha value is -0.940. The molecule has 0 radical (unpaired) electrons. The van der Waals surface area contributed by atoms with Gasteiger partial charge in [0.2, 0.25) is 0 Å². The van der Waals surface area contributed by atoms with Gasteiger partial charge in [-0.2, -0.15) is 0 Å². The van der Waals surface area contributed by atoms with Gasteiger partial charge >= 0.3 is 0 Å². The molecule has 5 heteroatoms. The van der Waals surface area contributed by atoms with E-state index in [0.29, 0.717) is 5.82 Å². The first-order chi connectivity index (χ1) is 6.09. The molecule has 1 amide bonds. The van der Waals surface area contributed by atoms with Crippen molar-refractivity contribution in [2.45, 2.75) is 13.0 Å². The van der Waals surface area contributed by atoms with Gasteiger partial charge in [-0.1, -0.05) is 0 Å². The second-order valence-corrected chi connectivity index (χ2v) is 3.44. The first-order valence-corrected chi connectivity index (χ1v) is 4.49. The van der Waals surface area contributed by atoms with Gasteiger partial charge in [-0.15, -0.1) is 0 Å². The summed E-state index contributed by atoms with van der Waals surface area (Å²) in [6.07, 6.45) is 0.544. The van der Waals surface area contributed by atoms with Crippen LogP contribution in [0.25, 0.3) is 0 Å². The highest BCUT2D eigenvalue weighted by molar-refractivity contribution is 9.10. The number of carbonyl (C=O) groups is 1. The molecule has 0 aliphatic carbocycles. The van der Waals surface area contributed by atoms with Gasteiger partial charge in [0.1, 0.15) is 11.9 Å². The number of anilines is 1. The Labute approximate surface area is 84.1 Å². The lowest BCUT2D eigenvalue weighted by Gasteiger charge is -2.05. The minimum Gasteiger partial charge on any atom is -0.384 e. The fourth-order valence-electron chi connectivity index (χ4n) is 0.680. The van der Waals surface area contributed by atoms with E-state index in [2.05, 4.69) is 26.2 Å². The average molecular weight is 245 g/mol. The fourth-order valence-corrected chi connectivity index (χ4v) is 0.915. The van der Waals surface area contributed by atoms with Crippen molar-refractivity contribution in [2.24, 2.45) is 0 Å². The van der Waals surface area contributed by atoms with Crippen molar-refractivity contribution in [3.63, 3.8) is 0 Å². The lowest BCUT2D eigenvalue weighted by Crippen LogP contribution is -2.24. The number of aromatic nitrogens is 1. The molecule has 13 heavy (non-hydrogen) atoms. The van der Waals surface area contributed by atoms with Crippen LogP contribution in [0, 0.1) is 0 Å². The highest BCUT2D eigenvalue weighted by atomic mass is 79.9. The molecule has 0 fully saturated rings. The Balaban J connectivity index is 2.65. The molecule has 70 valence electrons. The second-order valence-electron chi connectivity index (χ2n) is 2.53. The number of halogens is 1. The predicted octanol–water partition coefficient (Wildman–Crippen LogP) is 1.16. The van der Waals surface area contributed by atoms with Gasteiger partial charge in [0, 0.05) is 10.7 Å². The highest BCUT2D eigenvalue weighted by Gasteiger charge is 2.08. The van der Waals surface area contributed by atoms with Crippen LogP contribution in [0.1, 0.15) is 6.92 Å². The van der Waals surface area contributed by atoms with Gasteiger partial charge in [0.15, 0.2) is 0 Å². The summed E-state index contributed by atoms with van der Waals surface area (Å²) < 4.78 is 0.836. The number of nitrogens with zero attached hydrogens (tertiary/aromatic N) is 1. The Morgan fingerprint density at radius 1 is 1.69 bits per heavy atom. The number of amides is 1. The Bertz CT molecular complexity index is 298. The van der Waals surface area contributed by atoms with Crippen LogP contribution in [-0.2, 0) is 4.79 Å². The molecule has 0 saturated carbocycles. The molecule has 0 aliphatic rings. The number of rotatable bonds is 2. The molecular weight excluding hydrogens is 236 g/mol. The zero-order chi connectivity index (χ0) is 9.84. The molecule has 0 aliphatic heterocycles. The minimum absolute atomic E-state index is 0.425. The van der Waals surface area contributed by atoms with Crippen molar-refractivity contribution in [1.82, 2.24) is 4.98 Å². The molecule has 2 N–H and O–H groups in total. The van der Waals surface area contributed by atoms with Crippen LogP contribution >= 0.6 is 15.9 Å². The first kappa shape index (κ1) is 10.1. The van der Waals surface area contributed by atoms with Gasteiger partial charge < -0.3 is 10.4 Å². The Morgan fingerprint density at radius 3 is 2.85 bits per heavy atom. The summed E-state index contributed by atoms with van der Waals surface area (Å²) in [6.45, 7) is 1.40. The fraction of sp³-hybridized carbons (Fsp3) is 0.250. The van der Waals surface area contributed by atoms with Crippen LogP contribution in [0.4, 0.5) is 5.82 Å². The summed E-state index contributed by atoms with van der Waals surface area (Å²) in [5.74, 6) is -0.0380. The summed E-state index contributed by atoms with van der Waals surface area (Å²) in [4.78, 5) is 14.9. The number of nitrogens with one attached hydrogen (secondary N) is 1. The van der Waals surface area contributed by atoms with E-state index in [1.165, 1.54) is 6.92 Å². The monoisotopic (exact) mass is 244 g/mol. The average Bonchev–Trinajstić information content (AvgIpc) is 2.08. The number of hydrogen-bond acceptors (Lipinski definition) is 3. The van der Waals surface area contributed by atoms with E-state index >= 15 is 0 Å². The normalized spacial score (nSPS) is 12.2. The lowest BCUT2D eigenvalue weighted by molar-refractivity contribution is -0.123. The van der Waals surface area contributed by atoms with E-state index in [4.69, 9.17) is 5.11 Å². The summed E-state index contributed by atoms with van der Waals surface area (Å²) in [6, 6.07) is 3.40. The van der Waals surface area contributed by atoms with Crippen molar-refractivity contribution in [3.8, 4) is 0 Å². The van der Waals surface area contributed by atoms with Gasteiger partial charge in [-0.3, -0.25) is 4.79 Å². The topological polar surface area (TPSA) is 62.2 Å². The van der Waals surface area contributed by atoms with Gasteiger partial charge in [0.25, 0.3) is 5.91 Å². The van der Waals surface area contributed by atoms with Crippen molar-refractivity contribution < 1.29 is 9.90 Å². The third kappa shape index (κ3) is 3.12. The van der Waals surface area contributed by atoms with Crippen LogP contribution < -0.4 is 5.32 Å². The number of hydrogen-bond donors (Lipinski definition) is 2. The SMILES string of the molecule is C[C@@H](O)C(=O)Nc1ccc(Br)cn1. The van der Waals surface area contributed by atoms with Crippen molar-refractivity contribution >= 4 is 27.7 Å². The smallest absolute Gasteiger partial charge is 0.254 e. The van der Waals surface area contributed by atoms with Gasteiger partial charge in [-0.05, 0) is 35.0 Å². The summed E-state index contributed by atoms with van der Waals surface area (Å²) >= 11 is 3.22. The molecule has 1 atom stereocenters. The Kier molecular flexibility index (Phi) is 3.39. The molecule has 0 unspecified atom stereocenters. The van der Waals surface area contributed by atoms with Crippen molar-refractivity contribution in [2.75, 3.05) is 5.32 Å². The van der Waals surface area contributed by atoms with Crippen molar-refractivity contribution in [3.05, 3.63) is 22.8 Å². The van der Waals surface area contributed by atoms with Crippen LogP contribution in [0.5, 0.6) is 0 Å². The summed E-state index contributed by atoms with van der Waals surface area (Å²) in [5, 5.41) is 11.3. The molecule has 1 aromatic heterocycles. The zero-order valence-corrected chi connectivity index (χ0v) is 8.58. The van der Waals surface area contributed by atoms with Crippen LogP contribution in [0.2, 0.25) is 0 Å². The van der Waals surface area contributed by atoms with E-state index in [9.17, 15) is 4.79 Å². The molecule has 0 spiro atoms. The predicted molar refractivity (Wildman–Crippen MR) is 52.2 cm³/mol. The maximum atomic E-state index is 11.0. The van der Waals surface area contributed by atoms with Crippen LogP contribution in [0.3, 0.4) is 0 Å². The molecule has 1 aromatic rings. The maximum absolute atomic E-state index is 11.0. The number of pyridine rings is 1. The molecular formula is C8H9BrN2O2. The zero-order valence-electron chi connectivity index (χ0n) is 6.99. The first-order valence-electron chi connectivity index (χ1n) is 3.70. The Morgan fingerprint density at radius 2 is 2.38 bits per heavy atom. The highest BCUT2D eigenvalue weighted by Crippen LogP contribution is 2.10. The standard InChI is InChI=1S/C8H9BrN2O2/c1-5(12)8(13)11-7-3-2-6(9)4-10-7/h2-5,12H,1H3,(H,10,11,13)/t5-/m1/s1. The van der Waals surface area contributed by atoms with Crippen LogP contribution in [0.15, 0.2) is 22.8 Å². The summed E-state index contributed by atoms with van der Waals surface area (Å²) in [7, 11) is 0. The quantitative estimate of drug-likeness (QED) is 0.821.